The number of hydrogen-bond donors (Lipinski definition) is 2. The standard InChI is InChI=1S/C25H35N5O2/c1-25(2)17-9-8-16(20(25)11-17)14-27-24(32)21-6-3-7-22-28-18(15-30(21)22)12-23(31)29-10-4-5-19(29)13-26/h3,6-7,15-17,19-20H,4-5,8-14,26H2,1-2H3,(H,27,32)/t16-,17+,19-,20-/m0/s1. The van der Waals surface area contributed by atoms with Crippen molar-refractivity contribution in [3.63, 3.8) is 0 Å². The summed E-state index contributed by atoms with van der Waals surface area (Å²) in [5.74, 6) is 2.12. The van der Waals surface area contributed by atoms with Gasteiger partial charge in [0.25, 0.3) is 5.91 Å². The van der Waals surface area contributed by atoms with Crippen LogP contribution in [0.2, 0.25) is 0 Å². The summed E-state index contributed by atoms with van der Waals surface area (Å²) in [6.45, 7) is 6.76. The predicted molar refractivity (Wildman–Crippen MR) is 123 cm³/mol. The Kier molecular flexibility index (Phi) is 5.48. The number of amides is 2. The fourth-order valence-corrected chi connectivity index (χ4v) is 6.52. The van der Waals surface area contributed by atoms with Crippen LogP contribution in [0.3, 0.4) is 0 Å². The maximum Gasteiger partial charge on any atom is 0.268 e. The van der Waals surface area contributed by atoms with Crippen LogP contribution < -0.4 is 11.1 Å². The Morgan fingerprint density at radius 1 is 1.25 bits per heavy atom. The molecule has 1 aliphatic heterocycles. The van der Waals surface area contributed by atoms with Crippen molar-refractivity contribution < 1.29 is 9.59 Å². The molecule has 2 aromatic heterocycles. The highest BCUT2D eigenvalue weighted by Crippen LogP contribution is 2.61. The lowest BCUT2D eigenvalue weighted by molar-refractivity contribution is -0.131. The topological polar surface area (TPSA) is 92.7 Å². The van der Waals surface area contributed by atoms with Crippen molar-refractivity contribution >= 4 is 17.5 Å². The molecular formula is C25H35N5O2. The summed E-state index contributed by atoms with van der Waals surface area (Å²) in [7, 11) is 0. The maximum absolute atomic E-state index is 13.1. The van der Waals surface area contributed by atoms with Crippen molar-refractivity contribution in [3.05, 3.63) is 35.8 Å². The number of hydrogen-bond acceptors (Lipinski definition) is 4. The fourth-order valence-electron chi connectivity index (χ4n) is 6.52. The van der Waals surface area contributed by atoms with Crippen molar-refractivity contribution in [2.45, 2.75) is 58.4 Å². The molecule has 7 heteroatoms. The number of nitrogens with one attached hydrogen (secondary N) is 1. The van der Waals surface area contributed by atoms with Gasteiger partial charge >= 0.3 is 0 Å². The van der Waals surface area contributed by atoms with E-state index in [9.17, 15) is 9.59 Å². The lowest BCUT2D eigenvalue weighted by Crippen LogP contribution is -2.54. The Hall–Kier alpha value is -2.41. The molecule has 3 heterocycles. The van der Waals surface area contributed by atoms with Crippen LogP contribution in [-0.4, -0.2) is 51.8 Å². The number of rotatable bonds is 6. The minimum Gasteiger partial charge on any atom is -0.350 e. The maximum atomic E-state index is 13.1. The molecule has 2 aromatic rings. The summed E-state index contributed by atoms with van der Waals surface area (Å²) in [5.41, 5.74) is 8.18. The molecule has 4 fully saturated rings. The quantitative estimate of drug-likeness (QED) is 0.727. The van der Waals surface area contributed by atoms with Crippen molar-refractivity contribution in [2.75, 3.05) is 19.6 Å². The SMILES string of the molecule is CC1(C)[C@@H]2CC[C@@H](CNC(=O)c3cccc4nc(CC(=O)N5CCC[C@H]5CN)cn34)[C@@H]1C2. The van der Waals surface area contributed by atoms with E-state index in [0.29, 0.717) is 40.8 Å². The van der Waals surface area contributed by atoms with E-state index in [0.717, 1.165) is 31.8 Å². The van der Waals surface area contributed by atoms with Gasteiger partial charge in [0, 0.05) is 31.9 Å². The van der Waals surface area contributed by atoms with E-state index in [1.165, 1.54) is 19.3 Å². The molecule has 7 nitrogen and oxygen atoms in total. The van der Waals surface area contributed by atoms with Crippen LogP contribution in [0.25, 0.3) is 5.65 Å². The first-order valence-corrected chi connectivity index (χ1v) is 12.1. The zero-order chi connectivity index (χ0) is 22.5. The smallest absolute Gasteiger partial charge is 0.268 e. The van der Waals surface area contributed by atoms with Gasteiger partial charge in [-0.2, -0.15) is 0 Å². The van der Waals surface area contributed by atoms with E-state index in [4.69, 9.17) is 5.73 Å². The minimum absolute atomic E-state index is 0.0612. The van der Waals surface area contributed by atoms with Crippen molar-refractivity contribution in [2.24, 2.45) is 28.9 Å². The number of aromatic nitrogens is 2. The van der Waals surface area contributed by atoms with Crippen molar-refractivity contribution in [1.82, 2.24) is 19.6 Å². The zero-order valence-corrected chi connectivity index (χ0v) is 19.2. The van der Waals surface area contributed by atoms with Crippen LogP contribution in [0.5, 0.6) is 0 Å². The van der Waals surface area contributed by atoms with E-state index < -0.39 is 0 Å². The molecule has 3 aliphatic carbocycles. The summed E-state index contributed by atoms with van der Waals surface area (Å²) in [6, 6.07) is 5.69. The van der Waals surface area contributed by atoms with Crippen molar-refractivity contribution in [3.8, 4) is 0 Å². The average Bonchev–Trinajstić information content (AvgIpc) is 3.43. The molecule has 4 aliphatic rings. The van der Waals surface area contributed by atoms with Crippen LogP contribution in [0.1, 0.15) is 62.1 Å². The van der Waals surface area contributed by atoms with E-state index >= 15 is 0 Å². The number of fused-ring (bicyclic) bond motifs is 3. The first-order chi connectivity index (χ1) is 15.4. The van der Waals surface area contributed by atoms with E-state index in [2.05, 4.69) is 24.1 Å². The third kappa shape index (κ3) is 3.60. The van der Waals surface area contributed by atoms with Gasteiger partial charge < -0.3 is 16.0 Å². The number of nitrogens with zero attached hydrogens (tertiary/aromatic N) is 3. The summed E-state index contributed by atoms with van der Waals surface area (Å²) in [4.78, 5) is 32.3. The predicted octanol–water partition coefficient (Wildman–Crippen LogP) is 2.63. The number of likely N-dealkylation sites (tertiary alicyclic amines) is 1. The van der Waals surface area contributed by atoms with E-state index in [1.807, 2.05) is 33.7 Å². The highest BCUT2D eigenvalue weighted by atomic mass is 16.2. The first-order valence-electron chi connectivity index (χ1n) is 12.1. The van der Waals surface area contributed by atoms with Gasteiger partial charge in [-0.15, -0.1) is 0 Å². The monoisotopic (exact) mass is 437 g/mol. The molecule has 0 aromatic carbocycles. The zero-order valence-electron chi connectivity index (χ0n) is 19.2. The van der Waals surface area contributed by atoms with Gasteiger partial charge in [-0.05, 0) is 67.4 Å². The number of carbonyl (C=O) groups excluding carboxylic acids is 2. The molecule has 0 unspecified atom stereocenters. The second-order valence-electron chi connectivity index (χ2n) is 10.6. The number of nitrogens with two attached hydrogens (primary N) is 1. The molecule has 172 valence electrons. The van der Waals surface area contributed by atoms with Gasteiger partial charge in [0.05, 0.1) is 12.1 Å². The molecule has 6 rings (SSSR count). The molecule has 3 saturated carbocycles. The molecule has 2 amide bonds. The number of pyridine rings is 1. The van der Waals surface area contributed by atoms with Gasteiger partial charge in [0.15, 0.2) is 0 Å². The lowest BCUT2D eigenvalue weighted by Gasteiger charge is -2.60. The highest BCUT2D eigenvalue weighted by molar-refractivity contribution is 5.93. The largest absolute Gasteiger partial charge is 0.350 e. The molecule has 32 heavy (non-hydrogen) atoms. The highest BCUT2D eigenvalue weighted by Gasteiger charge is 2.53. The Morgan fingerprint density at radius 3 is 2.84 bits per heavy atom. The van der Waals surface area contributed by atoms with Crippen LogP contribution in [0.4, 0.5) is 0 Å². The van der Waals surface area contributed by atoms with Gasteiger partial charge in [0.1, 0.15) is 11.3 Å². The number of imidazole rings is 1. The van der Waals surface area contributed by atoms with E-state index in [-0.39, 0.29) is 24.3 Å². The Morgan fingerprint density at radius 2 is 2.09 bits per heavy atom. The number of carbonyl (C=O) groups is 2. The van der Waals surface area contributed by atoms with Gasteiger partial charge in [0.2, 0.25) is 5.91 Å². The van der Waals surface area contributed by atoms with Crippen LogP contribution in [0.15, 0.2) is 24.4 Å². The molecule has 2 bridgehead atoms. The lowest BCUT2D eigenvalue weighted by atomic mass is 9.45. The average molecular weight is 438 g/mol. The summed E-state index contributed by atoms with van der Waals surface area (Å²) in [5, 5.41) is 3.19. The fraction of sp³-hybridized carbons (Fsp3) is 0.640. The van der Waals surface area contributed by atoms with Gasteiger partial charge in [-0.1, -0.05) is 19.9 Å². The molecular weight excluding hydrogens is 402 g/mol. The Bertz CT molecular complexity index is 1030. The minimum atomic E-state index is -0.0760. The molecule has 3 N–H and O–H groups in total. The summed E-state index contributed by atoms with van der Waals surface area (Å²) >= 11 is 0. The van der Waals surface area contributed by atoms with Crippen molar-refractivity contribution in [1.29, 1.82) is 0 Å². The third-order valence-corrected chi connectivity index (χ3v) is 8.60. The normalized spacial score (nSPS) is 28.5. The second kappa shape index (κ2) is 8.18. The van der Waals surface area contributed by atoms with Gasteiger partial charge in [-0.25, -0.2) is 4.98 Å². The Balaban J connectivity index is 1.27. The molecule has 0 spiro atoms. The molecule has 0 radical (unpaired) electrons. The first kappa shape index (κ1) is 21.4. The summed E-state index contributed by atoms with van der Waals surface area (Å²) < 4.78 is 1.81. The second-order valence-corrected chi connectivity index (χ2v) is 10.6. The van der Waals surface area contributed by atoms with E-state index in [1.54, 1.807) is 0 Å². The Labute approximate surface area is 189 Å². The van der Waals surface area contributed by atoms with Crippen LogP contribution >= 0.6 is 0 Å². The third-order valence-electron chi connectivity index (χ3n) is 8.60. The van der Waals surface area contributed by atoms with Crippen LogP contribution in [0, 0.1) is 23.2 Å². The molecule has 4 atom stereocenters. The van der Waals surface area contributed by atoms with Crippen LogP contribution in [-0.2, 0) is 11.2 Å². The summed E-state index contributed by atoms with van der Waals surface area (Å²) in [6.07, 6.45) is 7.83. The molecule has 1 saturated heterocycles. The van der Waals surface area contributed by atoms with Gasteiger partial charge in [-0.3, -0.25) is 14.0 Å².